The standard InChI is InChI=1S/C19H22N4O3S/c24-19(14-1-5-21-17(11-14)26-16-4-10-27-13-16)23-8-2-15(3-9-23)25-18-12-20-6-7-22-18/h1,5-7,11-12,15-16H,2-4,8-10,13H2/t16-/m1/s1. The van der Waals surface area contributed by atoms with Gasteiger partial charge in [-0.15, -0.1) is 0 Å². The Labute approximate surface area is 162 Å². The van der Waals surface area contributed by atoms with Crippen LogP contribution in [0.5, 0.6) is 11.8 Å². The summed E-state index contributed by atoms with van der Waals surface area (Å²) in [5.41, 5.74) is 0.624. The third-order valence-corrected chi connectivity index (χ3v) is 5.85. The van der Waals surface area contributed by atoms with Gasteiger partial charge in [0.05, 0.1) is 6.20 Å². The molecule has 4 heterocycles. The second-order valence-corrected chi connectivity index (χ2v) is 7.79. The van der Waals surface area contributed by atoms with Crippen molar-refractivity contribution in [1.82, 2.24) is 19.9 Å². The average Bonchev–Trinajstić information content (AvgIpc) is 3.22. The third kappa shape index (κ3) is 4.68. The van der Waals surface area contributed by atoms with E-state index < -0.39 is 0 Å². The Morgan fingerprint density at radius 2 is 1.85 bits per heavy atom. The largest absolute Gasteiger partial charge is 0.473 e. The van der Waals surface area contributed by atoms with Gasteiger partial charge in [0.25, 0.3) is 5.91 Å². The van der Waals surface area contributed by atoms with Gasteiger partial charge in [-0.1, -0.05) is 0 Å². The van der Waals surface area contributed by atoms with Gasteiger partial charge >= 0.3 is 0 Å². The zero-order valence-electron chi connectivity index (χ0n) is 15.0. The number of rotatable bonds is 5. The van der Waals surface area contributed by atoms with Crippen LogP contribution in [0.2, 0.25) is 0 Å². The van der Waals surface area contributed by atoms with Crippen LogP contribution in [-0.2, 0) is 0 Å². The number of aromatic nitrogens is 3. The van der Waals surface area contributed by atoms with Crippen molar-refractivity contribution in [1.29, 1.82) is 0 Å². The van der Waals surface area contributed by atoms with E-state index in [0.29, 0.717) is 30.4 Å². The summed E-state index contributed by atoms with van der Waals surface area (Å²) in [5.74, 6) is 3.19. The van der Waals surface area contributed by atoms with Crippen LogP contribution in [0.1, 0.15) is 29.6 Å². The number of hydrogen-bond donors (Lipinski definition) is 0. The molecule has 8 heteroatoms. The fraction of sp³-hybridized carbons (Fsp3) is 0.474. The zero-order valence-corrected chi connectivity index (χ0v) is 15.8. The van der Waals surface area contributed by atoms with Crippen molar-refractivity contribution in [3.63, 3.8) is 0 Å². The predicted molar refractivity (Wildman–Crippen MR) is 102 cm³/mol. The molecule has 0 saturated carbocycles. The number of hydrogen-bond acceptors (Lipinski definition) is 7. The van der Waals surface area contributed by atoms with E-state index in [1.165, 1.54) is 0 Å². The number of likely N-dealkylation sites (tertiary alicyclic amines) is 1. The van der Waals surface area contributed by atoms with E-state index in [1.807, 2.05) is 16.7 Å². The molecule has 1 atom stereocenters. The lowest BCUT2D eigenvalue weighted by Gasteiger charge is -2.32. The van der Waals surface area contributed by atoms with Gasteiger partial charge in [0.1, 0.15) is 12.2 Å². The minimum atomic E-state index is 0.0148. The number of ether oxygens (including phenoxy) is 2. The van der Waals surface area contributed by atoms with E-state index in [9.17, 15) is 4.79 Å². The Hall–Kier alpha value is -2.35. The number of pyridine rings is 1. The fourth-order valence-corrected chi connectivity index (χ4v) is 4.35. The number of nitrogens with zero attached hydrogens (tertiary/aromatic N) is 4. The van der Waals surface area contributed by atoms with Crippen LogP contribution in [0.3, 0.4) is 0 Å². The van der Waals surface area contributed by atoms with Gasteiger partial charge in [0.2, 0.25) is 11.8 Å². The maximum atomic E-state index is 12.8. The van der Waals surface area contributed by atoms with Gasteiger partial charge < -0.3 is 14.4 Å². The van der Waals surface area contributed by atoms with Crippen molar-refractivity contribution < 1.29 is 14.3 Å². The summed E-state index contributed by atoms with van der Waals surface area (Å²) in [6, 6.07) is 3.51. The molecule has 0 aromatic carbocycles. The zero-order chi connectivity index (χ0) is 18.5. The molecule has 0 unspecified atom stereocenters. The van der Waals surface area contributed by atoms with Gasteiger partial charge in [-0.25, -0.2) is 9.97 Å². The molecule has 7 nitrogen and oxygen atoms in total. The SMILES string of the molecule is O=C(c1ccnc(O[C@@H]2CCSC2)c1)N1CCC(Oc2cnccn2)CC1. The Bertz CT molecular complexity index is 763. The van der Waals surface area contributed by atoms with Gasteiger partial charge in [0.15, 0.2) is 0 Å². The summed E-state index contributed by atoms with van der Waals surface area (Å²) < 4.78 is 11.7. The van der Waals surface area contributed by atoms with Crippen molar-refractivity contribution in [2.75, 3.05) is 24.6 Å². The van der Waals surface area contributed by atoms with Gasteiger partial charge in [-0.05, 0) is 18.2 Å². The summed E-state index contributed by atoms with van der Waals surface area (Å²) in [4.78, 5) is 27.1. The van der Waals surface area contributed by atoms with Crippen molar-refractivity contribution in [2.24, 2.45) is 0 Å². The first-order valence-corrected chi connectivity index (χ1v) is 10.4. The van der Waals surface area contributed by atoms with E-state index in [4.69, 9.17) is 9.47 Å². The fourth-order valence-electron chi connectivity index (χ4n) is 3.26. The van der Waals surface area contributed by atoms with E-state index in [-0.39, 0.29) is 18.1 Å². The quantitative estimate of drug-likeness (QED) is 0.781. The van der Waals surface area contributed by atoms with Crippen molar-refractivity contribution in [3.05, 3.63) is 42.5 Å². The molecule has 2 aliphatic heterocycles. The second-order valence-electron chi connectivity index (χ2n) is 6.64. The molecule has 1 amide bonds. The van der Waals surface area contributed by atoms with Gasteiger partial charge in [-0.2, -0.15) is 11.8 Å². The van der Waals surface area contributed by atoms with Crippen LogP contribution in [0.15, 0.2) is 36.9 Å². The Balaban J connectivity index is 1.32. The molecular weight excluding hydrogens is 364 g/mol. The van der Waals surface area contributed by atoms with E-state index in [1.54, 1.807) is 36.9 Å². The van der Waals surface area contributed by atoms with Crippen molar-refractivity contribution in [2.45, 2.75) is 31.5 Å². The maximum absolute atomic E-state index is 12.8. The molecular formula is C19H22N4O3S. The maximum Gasteiger partial charge on any atom is 0.254 e. The predicted octanol–water partition coefficient (Wildman–Crippen LogP) is 2.44. The second kappa shape index (κ2) is 8.56. The lowest BCUT2D eigenvalue weighted by molar-refractivity contribution is 0.0586. The van der Waals surface area contributed by atoms with Crippen LogP contribution in [-0.4, -0.2) is 62.6 Å². The van der Waals surface area contributed by atoms with E-state index in [2.05, 4.69) is 15.0 Å². The highest BCUT2D eigenvalue weighted by Gasteiger charge is 2.26. The smallest absolute Gasteiger partial charge is 0.254 e. The summed E-state index contributed by atoms with van der Waals surface area (Å²) in [6.45, 7) is 1.31. The van der Waals surface area contributed by atoms with Crippen LogP contribution < -0.4 is 9.47 Å². The minimum absolute atomic E-state index is 0.0148. The van der Waals surface area contributed by atoms with Crippen molar-refractivity contribution >= 4 is 17.7 Å². The molecule has 2 fully saturated rings. The summed E-state index contributed by atoms with van der Waals surface area (Å²) >= 11 is 1.89. The lowest BCUT2D eigenvalue weighted by Crippen LogP contribution is -2.41. The highest BCUT2D eigenvalue weighted by molar-refractivity contribution is 7.99. The van der Waals surface area contributed by atoms with E-state index >= 15 is 0 Å². The first kappa shape index (κ1) is 18.0. The van der Waals surface area contributed by atoms with Crippen LogP contribution in [0.25, 0.3) is 0 Å². The summed E-state index contributed by atoms with van der Waals surface area (Å²) in [6.07, 6.45) is 9.32. The Morgan fingerprint density at radius 1 is 1.04 bits per heavy atom. The highest BCUT2D eigenvalue weighted by Crippen LogP contribution is 2.23. The summed E-state index contributed by atoms with van der Waals surface area (Å²) in [5, 5.41) is 0. The van der Waals surface area contributed by atoms with Crippen molar-refractivity contribution in [3.8, 4) is 11.8 Å². The minimum Gasteiger partial charge on any atom is -0.473 e. The Kier molecular flexibility index (Phi) is 5.72. The molecule has 0 aliphatic carbocycles. The van der Waals surface area contributed by atoms with Gasteiger partial charge in [0, 0.05) is 61.9 Å². The average molecular weight is 386 g/mol. The third-order valence-electron chi connectivity index (χ3n) is 4.71. The highest BCUT2D eigenvalue weighted by atomic mass is 32.2. The number of piperidine rings is 1. The molecule has 2 aliphatic rings. The van der Waals surface area contributed by atoms with Crippen LogP contribution in [0.4, 0.5) is 0 Å². The normalized spacial score (nSPS) is 20.4. The molecule has 0 radical (unpaired) electrons. The van der Waals surface area contributed by atoms with Crippen LogP contribution >= 0.6 is 11.8 Å². The lowest BCUT2D eigenvalue weighted by atomic mass is 10.1. The monoisotopic (exact) mass is 386 g/mol. The molecule has 4 rings (SSSR count). The molecule has 2 aromatic heterocycles. The topological polar surface area (TPSA) is 77.4 Å². The molecule has 0 spiro atoms. The Morgan fingerprint density at radius 3 is 2.59 bits per heavy atom. The number of carbonyl (C=O) groups is 1. The number of carbonyl (C=O) groups excluding carboxylic acids is 1. The van der Waals surface area contributed by atoms with Gasteiger partial charge in [-0.3, -0.25) is 9.78 Å². The molecule has 0 bridgehead atoms. The summed E-state index contributed by atoms with van der Waals surface area (Å²) in [7, 11) is 0. The molecule has 0 N–H and O–H groups in total. The first-order valence-electron chi connectivity index (χ1n) is 9.20. The van der Waals surface area contributed by atoms with E-state index in [0.717, 1.165) is 30.8 Å². The molecule has 27 heavy (non-hydrogen) atoms. The number of thioether (sulfide) groups is 1. The molecule has 2 saturated heterocycles. The number of amides is 1. The van der Waals surface area contributed by atoms with Crippen LogP contribution in [0, 0.1) is 0 Å². The first-order chi connectivity index (χ1) is 13.3. The molecule has 142 valence electrons. The molecule has 2 aromatic rings.